The van der Waals surface area contributed by atoms with Crippen LogP contribution in [0.3, 0.4) is 0 Å². The predicted octanol–water partition coefficient (Wildman–Crippen LogP) is 5.36. The van der Waals surface area contributed by atoms with Gasteiger partial charge in [-0.3, -0.25) is 14.9 Å². The van der Waals surface area contributed by atoms with Gasteiger partial charge >= 0.3 is 0 Å². The monoisotopic (exact) mass is 370 g/mol. The van der Waals surface area contributed by atoms with Gasteiger partial charge in [0.25, 0.3) is 5.69 Å². The summed E-state index contributed by atoms with van der Waals surface area (Å²) in [6.45, 7) is 0. The summed E-state index contributed by atoms with van der Waals surface area (Å²) in [6, 6.07) is 8.77. The number of ketones is 1. The molecule has 1 N–H and O–H groups in total. The fraction of sp³-hybridized carbons (Fsp3) is 0. The highest BCUT2D eigenvalue weighted by Crippen LogP contribution is 2.27. The number of hydrogen-bond acceptors (Lipinski definition) is 4. The number of halogens is 3. The maximum atomic E-state index is 12.0. The third-order valence-electron chi connectivity index (χ3n) is 2.82. The van der Waals surface area contributed by atoms with E-state index < -0.39 is 4.92 Å². The van der Waals surface area contributed by atoms with Crippen LogP contribution in [-0.4, -0.2) is 10.7 Å². The van der Waals surface area contributed by atoms with Crippen molar-refractivity contribution in [2.45, 2.75) is 0 Å². The molecule has 2 aromatic rings. The lowest BCUT2D eigenvalue weighted by Crippen LogP contribution is -1.98. The molecule has 0 aliphatic rings. The van der Waals surface area contributed by atoms with Crippen LogP contribution in [0.1, 0.15) is 10.4 Å². The van der Waals surface area contributed by atoms with E-state index in [0.717, 1.165) is 0 Å². The van der Waals surface area contributed by atoms with Gasteiger partial charge in [-0.2, -0.15) is 0 Å². The summed E-state index contributed by atoms with van der Waals surface area (Å²) < 4.78 is 0. The zero-order valence-electron chi connectivity index (χ0n) is 11.4. The number of carbonyl (C=O) groups excluding carboxylic acids is 1. The molecule has 5 nitrogen and oxygen atoms in total. The lowest BCUT2D eigenvalue weighted by molar-refractivity contribution is -0.384. The number of nitrogens with one attached hydrogen (secondary N) is 1. The van der Waals surface area contributed by atoms with Gasteiger partial charge in [0, 0.05) is 34.6 Å². The first kappa shape index (κ1) is 17.3. The lowest BCUT2D eigenvalue weighted by atomic mass is 10.1. The van der Waals surface area contributed by atoms with Crippen molar-refractivity contribution in [2.75, 3.05) is 5.32 Å². The second kappa shape index (κ2) is 7.46. The van der Waals surface area contributed by atoms with Crippen molar-refractivity contribution in [2.24, 2.45) is 0 Å². The number of carbonyl (C=O) groups is 1. The van der Waals surface area contributed by atoms with E-state index in [-0.39, 0.29) is 21.5 Å². The van der Waals surface area contributed by atoms with Crippen LogP contribution in [0.4, 0.5) is 11.4 Å². The van der Waals surface area contributed by atoms with E-state index >= 15 is 0 Å². The zero-order chi connectivity index (χ0) is 17.0. The number of nitrogens with zero attached hydrogens (tertiary/aromatic N) is 1. The van der Waals surface area contributed by atoms with Crippen molar-refractivity contribution in [1.29, 1.82) is 0 Å². The smallest absolute Gasteiger partial charge is 0.289 e. The molecule has 0 atom stereocenters. The Morgan fingerprint density at radius 1 is 1.09 bits per heavy atom. The predicted molar refractivity (Wildman–Crippen MR) is 91.7 cm³/mol. The Labute approximate surface area is 146 Å². The van der Waals surface area contributed by atoms with E-state index in [9.17, 15) is 14.9 Å². The van der Waals surface area contributed by atoms with Gasteiger partial charge in [-0.1, -0.05) is 34.8 Å². The molecular formula is C15H9Cl3N2O3. The van der Waals surface area contributed by atoms with E-state index in [2.05, 4.69) is 5.32 Å². The van der Waals surface area contributed by atoms with Crippen molar-refractivity contribution in [3.63, 3.8) is 0 Å². The topological polar surface area (TPSA) is 72.2 Å². The molecule has 2 aromatic carbocycles. The third kappa shape index (κ3) is 4.45. The van der Waals surface area contributed by atoms with Crippen LogP contribution in [0.2, 0.25) is 15.1 Å². The van der Waals surface area contributed by atoms with Crippen LogP contribution in [0.5, 0.6) is 0 Å². The highest BCUT2D eigenvalue weighted by atomic mass is 35.5. The quantitative estimate of drug-likeness (QED) is 0.332. The standard InChI is InChI=1S/C15H9Cl3N2O3/c16-9-1-3-11(13(18)7-9)15(21)5-6-19-10-2-4-12(17)14(8-10)20(22)23/h1-8,19H/b6-5-. The molecule has 23 heavy (non-hydrogen) atoms. The van der Waals surface area contributed by atoms with Gasteiger partial charge in [-0.05, 0) is 30.3 Å². The normalized spacial score (nSPS) is 10.7. The number of anilines is 1. The van der Waals surface area contributed by atoms with Crippen molar-refractivity contribution in [1.82, 2.24) is 0 Å². The molecule has 0 bridgehead atoms. The summed E-state index contributed by atoms with van der Waals surface area (Å²) >= 11 is 17.4. The lowest BCUT2D eigenvalue weighted by Gasteiger charge is -2.03. The minimum atomic E-state index is -0.587. The van der Waals surface area contributed by atoms with Crippen LogP contribution in [0.15, 0.2) is 48.7 Å². The first-order valence-corrected chi connectivity index (χ1v) is 7.38. The molecule has 0 aliphatic heterocycles. The Morgan fingerprint density at radius 2 is 1.83 bits per heavy atom. The minimum Gasteiger partial charge on any atom is -0.361 e. The van der Waals surface area contributed by atoms with Crippen LogP contribution >= 0.6 is 34.8 Å². The van der Waals surface area contributed by atoms with Crippen molar-refractivity contribution in [3.05, 3.63) is 79.4 Å². The number of nitro benzene ring substituents is 1. The van der Waals surface area contributed by atoms with Crippen molar-refractivity contribution >= 4 is 52.0 Å². The molecule has 0 spiro atoms. The average molecular weight is 372 g/mol. The Balaban J connectivity index is 2.11. The summed E-state index contributed by atoms with van der Waals surface area (Å²) in [4.78, 5) is 22.2. The summed E-state index contributed by atoms with van der Waals surface area (Å²) in [5.41, 5.74) is 0.501. The minimum absolute atomic E-state index is 0.0357. The molecule has 0 saturated heterocycles. The Kier molecular flexibility index (Phi) is 5.60. The van der Waals surface area contributed by atoms with Gasteiger partial charge in [0.2, 0.25) is 0 Å². The first-order valence-electron chi connectivity index (χ1n) is 6.25. The molecule has 8 heteroatoms. The molecule has 0 aromatic heterocycles. The average Bonchev–Trinajstić information content (AvgIpc) is 2.48. The van der Waals surface area contributed by atoms with Gasteiger partial charge in [-0.25, -0.2) is 0 Å². The molecule has 2 rings (SSSR count). The highest BCUT2D eigenvalue weighted by molar-refractivity contribution is 6.37. The number of benzene rings is 2. The van der Waals surface area contributed by atoms with E-state index in [1.165, 1.54) is 36.5 Å². The van der Waals surface area contributed by atoms with Crippen molar-refractivity contribution < 1.29 is 9.72 Å². The number of hydrogen-bond donors (Lipinski definition) is 1. The zero-order valence-corrected chi connectivity index (χ0v) is 13.7. The van der Waals surface area contributed by atoms with Gasteiger partial charge in [0.1, 0.15) is 5.02 Å². The summed E-state index contributed by atoms with van der Waals surface area (Å²) in [5, 5.41) is 14.3. The fourth-order valence-electron chi connectivity index (χ4n) is 1.74. The van der Waals surface area contributed by atoms with E-state index in [4.69, 9.17) is 34.8 Å². The van der Waals surface area contributed by atoms with E-state index in [1.807, 2.05) is 0 Å². The first-order chi connectivity index (χ1) is 10.9. The Hall–Kier alpha value is -2.08. The Morgan fingerprint density at radius 3 is 2.48 bits per heavy atom. The molecule has 0 heterocycles. The third-order valence-corrected chi connectivity index (χ3v) is 3.69. The molecule has 0 saturated carbocycles. The molecule has 118 valence electrons. The van der Waals surface area contributed by atoms with E-state index in [1.54, 1.807) is 12.1 Å². The second-order valence-electron chi connectivity index (χ2n) is 4.39. The van der Waals surface area contributed by atoms with Crippen LogP contribution in [0, 0.1) is 10.1 Å². The largest absolute Gasteiger partial charge is 0.361 e. The van der Waals surface area contributed by atoms with Crippen LogP contribution in [-0.2, 0) is 0 Å². The summed E-state index contributed by atoms with van der Waals surface area (Å²) in [6.07, 6.45) is 2.62. The van der Waals surface area contributed by atoms with Gasteiger partial charge in [-0.15, -0.1) is 0 Å². The molecule has 0 aliphatic carbocycles. The fourth-order valence-corrected chi connectivity index (χ4v) is 2.42. The molecule has 0 radical (unpaired) electrons. The van der Waals surface area contributed by atoms with E-state index in [0.29, 0.717) is 16.3 Å². The highest BCUT2D eigenvalue weighted by Gasteiger charge is 2.12. The molecular weight excluding hydrogens is 363 g/mol. The summed E-state index contributed by atoms with van der Waals surface area (Å²) in [7, 11) is 0. The van der Waals surface area contributed by atoms with Crippen LogP contribution < -0.4 is 5.32 Å². The van der Waals surface area contributed by atoms with Gasteiger partial charge in [0.05, 0.1) is 9.95 Å². The number of nitro groups is 1. The summed E-state index contributed by atoms with van der Waals surface area (Å²) in [5.74, 6) is -0.331. The molecule has 0 unspecified atom stereocenters. The van der Waals surface area contributed by atoms with Gasteiger partial charge in [0.15, 0.2) is 5.78 Å². The molecule has 0 fully saturated rings. The van der Waals surface area contributed by atoms with Crippen LogP contribution in [0.25, 0.3) is 0 Å². The number of allylic oxidation sites excluding steroid dienone is 1. The second-order valence-corrected chi connectivity index (χ2v) is 5.64. The maximum absolute atomic E-state index is 12.0. The molecule has 0 amide bonds. The van der Waals surface area contributed by atoms with Crippen molar-refractivity contribution in [3.8, 4) is 0 Å². The number of rotatable bonds is 5. The maximum Gasteiger partial charge on any atom is 0.289 e. The Bertz CT molecular complexity index is 807. The van der Waals surface area contributed by atoms with Gasteiger partial charge < -0.3 is 5.32 Å². The SMILES string of the molecule is O=C(/C=C\Nc1ccc(Cl)c([N+](=O)[O-])c1)c1ccc(Cl)cc1Cl.